The molecule has 0 aliphatic heterocycles. The molecule has 1 aromatic heterocycles. The van der Waals surface area contributed by atoms with Crippen LogP contribution in [0.1, 0.15) is 22.5 Å². The maximum Gasteiger partial charge on any atom is 0.335 e. The Bertz CT molecular complexity index is 328. The van der Waals surface area contributed by atoms with Gasteiger partial charge < -0.3 is 16.2 Å². The highest BCUT2D eigenvalue weighted by Crippen LogP contribution is 2.01. The van der Waals surface area contributed by atoms with Gasteiger partial charge in [0.25, 0.3) is 0 Å². The zero-order valence-corrected chi connectivity index (χ0v) is 8.44. The molecule has 5 nitrogen and oxygen atoms in total. The highest BCUT2D eigenvalue weighted by atomic mass is 16.4. The normalized spacial score (nSPS) is 10.2. The minimum Gasteiger partial charge on any atom is -0.478 e. The Kier molecular flexibility index (Phi) is 4.73. The standard InChI is InChI=1S/C10H15N3O2/c11-3-1-4-12-7-9-6-8(10(14)15)2-5-13-9/h2,5-6,12H,1,3-4,7,11H2,(H,14,15). The third kappa shape index (κ3) is 4.05. The van der Waals surface area contributed by atoms with Crippen molar-refractivity contribution in [2.75, 3.05) is 13.1 Å². The number of carbonyl (C=O) groups is 1. The summed E-state index contributed by atoms with van der Waals surface area (Å²) in [5, 5.41) is 11.9. The van der Waals surface area contributed by atoms with E-state index in [9.17, 15) is 4.79 Å². The Labute approximate surface area is 88.3 Å². The van der Waals surface area contributed by atoms with Crippen LogP contribution in [0, 0.1) is 0 Å². The third-order valence-corrected chi connectivity index (χ3v) is 1.93. The van der Waals surface area contributed by atoms with Gasteiger partial charge >= 0.3 is 5.97 Å². The first-order valence-electron chi connectivity index (χ1n) is 4.83. The summed E-state index contributed by atoms with van der Waals surface area (Å²) in [6.07, 6.45) is 2.40. The average Bonchev–Trinajstić information content (AvgIpc) is 2.25. The van der Waals surface area contributed by atoms with Crippen molar-refractivity contribution >= 4 is 5.97 Å². The van der Waals surface area contributed by atoms with E-state index in [0.29, 0.717) is 13.1 Å². The monoisotopic (exact) mass is 209 g/mol. The molecule has 0 fully saturated rings. The van der Waals surface area contributed by atoms with Crippen LogP contribution in [0.15, 0.2) is 18.3 Å². The van der Waals surface area contributed by atoms with Crippen molar-refractivity contribution in [1.29, 1.82) is 0 Å². The fraction of sp³-hybridized carbons (Fsp3) is 0.400. The van der Waals surface area contributed by atoms with Gasteiger partial charge in [-0.2, -0.15) is 0 Å². The van der Waals surface area contributed by atoms with E-state index in [-0.39, 0.29) is 5.56 Å². The first kappa shape index (κ1) is 11.6. The number of pyridine rings is 1. The van der Waals surface area contributed by atoms with Crippen molar-refractivity contribution in [2.24, 2.45) is 5.73 Å². The van der Waals surface area contributed by atoms with Crippen LogP contribution < -0.4 is 11.1 Å². The molecule has 15 heavy (non-hydrogen) atoms. The fourth-order valence-corrected chi connectivity index (χ4v) is 1.15. The molecule has 0 spiro atoms. The van der Waals surface area contributed by atoms with Crippen molar-refractivity contribution < 1.29 is 9.90 Å². The number of nitrogens with two attached hydrogens (primary N) is 1. The van der Waals surface area contributed by atoms with Crippen LogP contribution in [-0.2, 0) is 6.54 Å². The number of nitrogens with one attached hydrogen (secondary N) is 1. The summed E-state index contributed by atoms with van der Waals surface area (Å²) in [7, 11) is 0. The Morgan fingerprint density at radius 2 is 2.40 bits per heavy atom. The Balaban J connectivity index is 2.47. The van der Waals surface area contributed by atoms with Crippen molar-refractivity contribution in [3.63, 3.8) is 0 Å². The second kappa shape index (κ2) is 6.10. The number of carboxylic acid groups (broad SMARTS) is 1. The Morgan fingerprint density at radius 3 is 3.07 bits per heavy atom. The Morgan fingerprint density at radius 1 is 1.60 bits per heavy atom. The molecule has 1 rings (SSSR count). The number of hydrogen-bond donors (Lipinski definition) is 3. The quantitative estimate of drug-likeness (QED) is 0.583. The van der Waals surface area contributed by atoms with Gasteiger partial charge in [-0.25, -0.2) is 4.79 Å². The van der Waals surface area contributed by atoms with E-state index in [1.165, 1.54) is 12.3 Å². The third-order valence-electron chi connectivity index (χ3n) is 1.93. The lowest BCUT2D eigenvalue weighted by Crippen LogP contribution is -2.18. The van der Waals surface area contributed by atoms with Crippen LogP contribution in [-0.4, -0.2) is 29.1 Å². The lowest BCUT2D eigenvalue weighted by molar-refractivity contribution is 0.0696. The van der Waals surface area contributed by atoms with Gasteiger partial charge in [0.15, 0.2) is 0 Å². The lowest BCUT2D eigenvalue weighted by atomic mass is 10.2. The molecule has 0 atom stereocenters. The van der Waals surface area contributed by atoms with Crippen LogP contribution >= 0.6 is 0 Å². The molecule has 4 N–H and O–H groups in total. The molecule has 0 bridgehead atoms. The minimum absolute atomic E-state index is 0.264. The van der Waals surface area contributed by atoms with E-state index in [1.54, 1.807) is 6.07 Å². The van der Waals surface area contributed by atoms with E-state index < -0.39 is 5.97 Å². The first-order chi connectivity index (χ1) is 7.24. The van der Waals surface area contributed by atoms with Crippen molar-refractivity contribution in [3.8, 4) is 0 Å². The van der Waals surface area contributed by atoms with Crippen LogP contribution in [0.25, 0.3) is 0 Å². The summed E-state index contributed by atoms with van der Waals surface area (Å²) in [5.74, 6) is -0.930. The zero-order chi connectivity index (χ0) is 11.1. The molecule has 0 aliphatic carbocycles. The SMILES string of the molecule is NCCCNCc1cc(C(=O)O)ccn1. The second-order valence-electron chi connectivity index (χ2n) is 3.16. The van der Waals surface area contributed by atoms with E-state index in [1.807, 2.05) is 0 Å². The van der Waals surface area contributed by atoms with Gasteiger partial charge in [-0.1, -0.05) is 0 Å². The molecule has 0 unspecified atom stereocenters. The molecule has 0 radical (unpaired) electrons. The van der Waals surface area contributed by atoms with Crippen LogP contribution in [0.5, 0.6) is 0 Å². The molecular weight excluding hydrogens is 194 g/mol. The molecule has 0 saturated carbocycles. The van der Waals surface area contributed by atoms with Crippen LogP contribution in [0.2, 0.25) is 0 Å². The lowest BCUT2D eigenvalue weighted by Gasteiger charge is -2.03. The number of rotatable bonds is 6. The van der Waals surface area contributed by atoms with Gasteiger partial charge in [0, 0.05) is 12.7 Å². The van der Waals surface area contributed by atoms with Gasteiger partial charge in [-0.3, -0.25) is 4.98 Å². The number of nitrogens with zero attached hydrogens (tertiary/aromatic N) is 1. The highest BCUT2D eigenvalue weighted by molar-refractivity contribution is 5.87. The van der Waals surface area contributed by atoms with Gasteiger partial charge in [0.1, 0.15) is 0 Å². The molecule has 1 heterocycles. The topological polar surface area (TPSA) is 88.2 Å². The Hall–Kier alpha value is -1.46. The molecule has 5 heteroatoms. The van der Waals surface area contributed by atoms with E-state index in [2.05, 4.69) is 10.3 Å². The fourth-order valence-electron chi connectivity index (χ4n) is 1.15. The molecule has 0 aliphatic rings. The van der Waals surface area contributed by atoms with E-state index >= 15 is 0 Å². The number of carboxylic acids is 1. The highest BCUT2D eigenvalue weighted by Gasteiger charge is 2.03. The summed E-state index contributed by atoms with van der Waals surface area (Å²) in [6.45, 7) is 2.03. The molecule has 0 saturated heterocycles. The predicted octanol–water partition coefficient (Wildman–Crippen LogP) is 0.218. The van der Waals surface area contributed by atoms with Crippen LogP contribution in [0.4, 0.5) is 0 Å². The number of aromatic carboxylic acids is 1. The van der Waals surface area contributed by atoms with E-state index in [0.717, 1.165) is 18.7 Å². The summed E-state index contributed by atoms with van der Waals surface area (Å²) >= 11 is 0. The summed E-state index contributed by atoms with van der Waals surface area (Å²) < 4.78 is 0. The maximum atomic E-state index is 10.7. The van der Waals surface area contributed by atoms with Gasteiger partial charge in [0.2, 0.25) is 0 Å². The number of hydrogen-bond acceptors (Lipinski definition) is 4. The average molecular weight is 209 g/mol. The molecular formula is C10H15N3O2. The molecule has 82 valence electrons. The number of aromatic nitrogens is 1. The first-order valence-corrected chi connectivity index (χ1v) is 4.83. The minimum atomic E-state index is -0.930. The molecule has 1 aromatic rings. The van der Waals surface area contributed by atoms with Crippen molar-refractivity contribution in [2.45, 2.75) is 13.0 Å². The van der Waals surface area contributed by atoms with E-state index in [4.69, 9.17) is 10.8 Å². The summed E-state index contributed by atoms with van der Waals surface area (Å²) in [4.78, 5) is 14.7. The smallest absolute Gasteiger partial charge is 0.335 e. The summed E-state index contributed by atoms with van der Waals surface area (Å²) in [6, 6.07) is 3.05. The summed E-state index contributed by atoms with van der Waals surface area (Å²) in [5.41, 5.74) is 6.33. The maximum absolute atomic E-state index is 10.7. The largest absolute Gasteiger partial charge is 0.478 e. The zero-order valence-electron chi connectivity index (χ0n) is 8.44. The van der Waals surface area contributed by atoms with Gasteiger partial charge in [-0.15, -0.1) is 0 Å². The predicted molar refractivity (Wildman–Crippen MR) is 56.6 cm³/mol. The van der Waals surface area contributed by atoms with Crippen molar-refractivity contribution in [3.05, 3.63) is 29.6 Å². The second-order valence-corrected chi connectivity index (χ2v) is 3.16. The van der Waals surface area contributed by atoms with Crippen LogP contribution in [0.3, 0.4) is 0 Å². The molecule has 0 amide bonds. The van der Waals surface area contributed by atoms with Gasteiger partial charge in [-0.05, 0) is 31.6 Å². The van der Waals surface area contributed by atoms with Gasteiger partial charge in [0.05, 0.1) is 11.3 Å². The molecule has 0 aromatic carbocycles. The van der Waals surface area contributed by atoms with Crippen molar-refractivity contribution in [1.82, 2.24) is 10.3 Å².